The summed E-state index contributed by atoms with van der Waals surface area (Å²) in [6.45, 7) is 3.15. The average molecular weight is 527 g/mol. The average Bonchev–Trinajstić information content (AvgIpc) is 2.88. The Hall–Kier alpha value is -3.43. The molecule has 194 valence electrons. The van der Waals surface area contributed by atoms with Crippen molar-refractivity contribution in [2.24, 2.45) is 0 Å². The molecule has 0 unspecified atom stereocenters. The maximum absolute atomic E-state index is 14.8. The van der Waals surface area contributed by atoms with Gasteiger partial charge in [0.15, 0.2) is 0 Å². The quantitative estimate of drug-likeness (QED) is 0.483. The van der Waals surface area contributed by atoms with Gasteiger partial charge in [-0.1, -0.05) is 17.7 Å². The number of pyridine rings is 1. The molecule has 0 aliphatic carbocycles. The number of aliphatic hydroxyl groups excluding tert-OH is 1. The Morgan fingerprint density at radius 2 is 1.92 bits per heavy atom. The van der Waals surface area contributed by atoms with Crippen LogP contribution in [0.3, 0.4) is 0 Å². The van der Waals surface area contributed by atoms with Crippen LogP contribution in [0.25, 0.3) is 10.8 Å². The molecule has 2 aliphatic rings. The normalized spacial score (nSPS) is 18.1. The minimum Gasteiger partial charge on any atom is -0.393 e. The largest absolute Gasteiger partial charge is 0.393 e. The molecule has 0 radical (unpaired) electrons. The molecule has 2 amide bonds. The first-order chi connectivity index (χ1) is 17.7. The third-order valence-corrected chi connectivity index (χ3v) is 7.54. The second kappa shape index (κ2) is 10.1. The summed E-state index contributed by atoms with van der Waals surface area (Å²) < 4.78 is 14.8. The minimum absolute atomic E-state index is 0.0720. The maximum atomic E-state index is 14.8. The van der Waals surface area contributed by atoms with Crippen molar-refractivity contribution in [1.29, 1.82) is 0 Å². The standard InChI is InChI=1S/C27H28ClFN4O4/c1-15-20-3-2-18(28)10-16(20)4-9-33(15)25(35)14-30-23-11-17-12-24(31-26(36)21(17)13-22(23)29)27(37)32-7-5-19(34)6-8-32/h2-3,10-13,15,19,30,34H,4-9,14H2,1H3,(H,31,36)/t15-/m0/s1. The fourth-order valence-electron chi connectivity index (χ4n) is 5.19. The number of anilines is 1. The lowest BCUT2D eigenvalue weighted by Gasteiger charge is -2.35. The predicted octanol–water partition coefficient (Wildman–Crippen LogP) is 3.48. The van der Waals surface area contributed by atoms with E-state index in [1.54, 1.807) is 9.80 Å². The molecule has 2 aliphatic heterocycles. The lowest BCUT2D eigenvalue weighted by atomic mass is 9.93. The number of nitrogens with zero attached hydrogens (tertiary/aromatic N) is 2. The van der Waals surface area contributed by atoms with Crippen molar-refractivity contribution >= 4 is 39.9 Å². The molecule has 3 N–H and O–H groups in total. The van der Waals surface area contributed by atoms with Gasteiger partial charge in [0.2, 0.25) is 5.91 Å². The van der Waals surface area contributed by atoms with E-state index in [0.717, 1.165) is 17.2 Å². The van der Waals surface area contributed by atoms with Crippen LogP contribution in [0, 0.1) is 5.82 Å². The Morgan fingerprint density at radius 3 is 2.68 bits per heavy atom. The summed E-state index contributed by atoms with van der Waals surface area (Å²) in [5, 5.41) is 13.7. The number of aromatic amines is 1. The van der Waals surface area contributed by atoms with Gasteiger partial charge in [-0.3, -0.25) is 14.4 Å². The lowest BCUT2D eigenvalue weighted by molar-refractivity contribution is -0.131. The number of nitrogens with one attached hydrogen (secondary N) is 2. The second-order valence-electron chi connectivity index (χ2n) is 9.66. The second-order valence-corrected chi connectivity index (χ2v) is 10.1. The lowest BCUT2D eigenvalue weighted by Crippen LogP contribution is -2.41. The van der Waals surface area contributed by atoms with Crippen LogP contribution in [-0.4, -0.2) is 64.0 Å². The highest BCUT2D eigenvalue weighted by atomic mass is 35.5. The van der Waals surface area contributed by atoms with Crippen LogP contribution < -0.4 is 10.9 Å². The number of benzene rings is 2. The van der Waals surface area contributed by atoms with Gasteiger partial charge in [0, 0.05) is 24.7 Å². The van der Waals surface area contributed by atoms with E-state index in [2.05, 4.69) is 10.3 Å². The monoisotopic (exact) mass is 526 g/mol. The number of aliphatic hydroxyl groups is 1. The van der Waals surface area contributed by atoms with Gasteiger partial charge in [-0.2, -0.15) is 0 Å². The van der Waals surface area contributed by atoms with Crippen molar-refractivity contribution in [1.82, 2.24) is 14.8 Å². The summed E-state index contributed by atoms with van der Waals surface area (Å²) in [5.74, 6) is -1.19. The van der Waals surface area contributed by atoms with Crippen LogP contribution in [0.4, 0.5) is 10.1 Å². The number of fused-ring (bicyclic) bond motifs is 2. The Kier molecular flexibility index (Phi) is 6.92. The molecule has 10 heteroatoms. The zero-order valence-corrected chi connectivity index (χ0v) is 21.1. The summed E-state index contributed by atoms with van der Waals surface area (Å²) in [7, 11) is 0. The minimum atomic E-state index is -0.665. The molecular weight excluding hydrogens is 499 g/mol. The number of aromatic nitrogens is 1. The number of H-pyrrole nitrogens is 1. The molecule has 1 atom stereocenters. The van der Waals surface area contributed by atoms with Crippen LogP contribution >= 0.6 is 11.6 Å². The number of carbonyl (C=O) groups excluding carboxylic acids is 2. The third-order valence-electron chi connectivity index (χ3n) is 7.31. The molecule has 5 rings (SSSR count). The summed E-state index contributed by atoms with van der Waals surface area (Å²) in [6.07, 6.45) is 1.21. The van der Waals surface area contributed by atoms with E-state index in [-0.39, 0.29) is 41.2 Å². The van der Waals surface area contributed by atoms with Gasteiger partial charge in [-0.15, -0.1) is 0 Å². The van der Waals surface area contributed by atoms with Gasteiger partial charge in [-0.05, 0) is 73.0 Å². The van der Waals surface area contributed by atoms with Crippen LogP contribution in [0.15, 0.2) is 41.2 Å². The molecule has 0 spiro atoms. The van der Waals surface area contributed by atoms with E-state index in [1.165, 1.54) is 12.1 Å². The Morgan fingerprint density at radius 1 is 1.16 bits per heavy atom. The summed E-state index contributed by atoms with van der Waals surface area (Å²) >= 11 is 6.10. The number of halogens is 2. The van der Waals surface area contributed by atoms with Crippen LogP contribution in [-0.2, 0) is 11.2 Å². The van der Waals surface area contributed by atoms with E-state index < -0.39 is 17.5 Å². The number of hydrogen-bond donors (Lipinski definition) is 3. The summed E-state index contributed by atoms with van der Waals surface area (Å²) in [6, 6.07) is 9.60. The first kappa shape index (κ1) is 25.2. The fourth-order valence-corrected chi connectivity index (χ4v) is 5.39. The predicted molar refractivity (Wildman–Crippen MR) is 139 cm³/mol. The fraction of sp³-hybridized carbons (Fsp3) is 0.370. The maximum Gasteiger partial charge on any atom is 0.270 e. The zero-order valence-electron chi connectivity index (χ0n) is 20.4. The van der Waals surface area contributed by atoms with Crippen molar-refractivity contribution in [3.63, 3.8) is 0 Å². The van der Waals surface area contributed by atoms with E-state index in [4.69, 9.17) is 11.6 Å². The molecular formula is C27H28ClFN4O4. The van der Waals surface area contributed by atoms with E-state index in [9.17, 15) is 23.9 Å². The Bertz CT molecular complexity index is 1430. The highest BCUT2D eigenvalue weighted by molar-refractivity contribution is 6.30. The number of likely N-dealkylation sites (tertiary alicyclic amines) is 1. The number of carbonyl (C=O) groups is 2. The van der Waals surface area contributed by atoms with Gasteiger partial charge in [0.05, 0.1) is 29.8 Å². The van der Waals surface area contributed by atoms with Gasteiger partial charge < -0.3 is 25.2 Å². The van der Waals surface area contributed by atoms with Gasteiger partial charge in [0.1, 0.15) is 11.5 Å². The number of hydrogen-bond acceptors (Lipinski definition) is 5. The molecule has 0 saturated carbocycles. The van der Waals surface area contributed by atoms with Crippen LogP contribution in [0.2, 0.25) is 5.02 Å². The zero-order chi connectivity index (χ0) is 26.3. The van der Waals surface area contributed by atoms with Crippen LogP contribution in [0.1, 0.15) is 47.4 Å². The van der Waals surface area contributed by atoms with Crippen LogP contribution in [0.5, 0.6) is 0 Å². The SMILES string of the molecule is C[C@H]1c2ccc(Cl)cc2CCN1C(=O)CNc1cc2cc(C(=O)N3CCC(O)CC3)[nH]c(=O)c2cc1F. The molecule has 37 heavy (non-hydrogen) atoms. The smallest absolute Gasteiger partial charge is 0.270 e. The van der Waals surface area contributed by atoms with Crippen molar-refractivity contribution in [2.45, 2.75) is 38.3 Å². The van der Waals surface area contributed by atoms with Gasteiger partial charge >= 0.3 is 0 Å². The molecule has 0 bridgehead atoms. The molecule has 1 aromatic heterocycles. The number of piperidine rings is 1. The Labute approximate surface area is 218 Å². The van der Waals surface area contributed by atoms with E-state index in [0.29, 0.717) is 49.3 Å². The first-order valence-electron chi connectivity index (χ1n) is 12.4. The molecule has 1 fully saturated rings. The van der Waals surface area contributed by atoms with Crippen molar-refractivity contribution in [3.8, 4) is 0 Å². The highest BCUT2D eigenvalue weighted by Gasteiger charge is 2.28. The Balaban J connectivity index is 1.33. The summed E-state index contributed by atoms with van der Waals surface area (Å²) in [4.78, 5) is 44.4. The van der Waals surface area contributed by atoms with Crippen molar-refractivity contribution < 1.29 is 19.1 Å². The van der Waals surface area contributed by atoms with Crippen molar-refractivity contribution in [3.05, 3.63) is 74.4 Å². The molecule has 3 aromatic rings. The molecule has 8 nitrogen and oxygen atoms in total. The highest BCUT2D eigenvalue weighted by Crippen LogP contribution is 2.31. The summed E-state index contributed by atoms with van der Waals surface area (Å²) in [5.41, 5.74) is 1.76. The number of rotatable bonds is 4. The molecule has 2 aromatic carbocycles. The van der Waals surface area contributed by atoms with Crippen molar-refractivity contribution in [2.75, 3.05) is 31.5 Å². The molecule has 3 heterocycles. The first-order valence-corrected chi connectivity index (χ1v) is 12.7. The van der Waals surface area contributed by atoms with Gasteiger partial charge in [0.25, 0.3) is 11.5 Å². The van der Waals surface area contributed by atoms with Gasteiger partial charge in [-0.25, -0.2) is 4.39 Å². The number of amides is 2. The topological polar surface area (TPSA) is 106 Å². The van der Waals surface area contributed by atoms with E-state index >= 15 is 0 Å². The molecule has 1 saturated heterocycles. The third kappa shape index (κ3) is 5.06. The van der Waals surface area contributed by atoms with E-state index in [1.807, 2.05) is 25.1 Å².